The molecule has 0 atom stereocenters. The van der Waals surface area contributed by atoms with E-state index in [1.165, 1.54) is 22.5 Å². The highest BCUT2D eigenvalue weighted by Gasteiger charge is 2.52. The van der Waals surface area contributed by atoms with E-state index in [0.717, 1.165) is 17.7 Å². The number of sulfonamides is 1. The van der Waals surface area contributed by atoms with Crippen LogP contribution in [0.4, 0.5) is 10.5 Å². The predicted octanol–water partition coefficient (Wildman–Crippen LogP) is 2.56. The summed E-state index contributed by atoms with van der Waals surface area (Å²) in [5.41, 5.74) is -0.659. The first kappa shape index (κ1) is 23.5. The number of carbonyl (C=O) groups excluding carboxylic acids is 3. The lowest BCUT2D eigenvalue weighted by atomic mass is 9.98. The van der Waals surface area contributed by atoms with Gasteiger partial charge in [0, 0.05) is 26.1 Å². The van der Waals surface area contributed by atoms with Gasteiger partial charge in [-0.2, -0.15) is 4.31 Å². The first-order valence-corrected chi connectivity index (χ1v) is 12.2. The van der Waals surface area contributed by atoms with Gasteiger partial charge in [0.1, 0.15) is 5.54 Å². The Hall–Kier alpha value is -2.17. The van der Waals surface area contributed by atoms with Crippen LogP contribution in [0.2, 0.25) is 5.02 Å². The van der Waals surface area contributed by atoms with Crippen molar-refractivity contribution in [2.75, 3.05) is 25.0 Å². The van der Waals surface area contributed by atoms with Gasteiger partial charge in [0.2, 0.25) is 15.9 Å². The second-order valence-electron chi connectivity index (χ2n) is 7.71. The Morgan fingerprint density at radius 1 is 1.23 bits per heavy atom. The maximum absolute atomic E-state index is 12.7. The molecule has 0 aromatic heterocycles. The zero-order chi connectivity index (χ0) is 22.8. The standard InChI is InChI=1S/C20H27ClN4O5S/c1-3-24(4-2)31(29,30)14-7-8-15(21)16(13-14)22-17(26)9-12-25-18(27)20(23-19(25)28)10-5-6-11-20/h7-8,13H,3-6,9-12H2,1-2H3,(H,22,26)(H,23,28). The fourth-order valence-electron chi connectivity index (χ4n) is 4.10. The van der Waals surface area contributed by atoms with Crippen LogP contribution in [0.1, 0.15) is 46.0 Å². The van der Waals surface area contributed by atoms with Crippen LogP contribution < -0.4 is 10.6 Å². The van der Waals surface area contributed by atoms with Crippen molar-refractivity contribution in [3.63, 3.8) is 0 Å². The molecule has 0 bridgehead atoms. The van der Waals surface area contributed by atoms with E-state index in [-0.39, 0.29) is 34.5 Å². The lowest BCUT2D eigenvalue weighted by Crippen LogP contribution is -2.44. The molecule has 4 amide bonds. The molecule has 170 valence electrons. The third kappa shape index (κ3) is 4.56. The highest BCUT2D eigenvalue weighted by molar-refractivity contribution is 7.89. The van der Waals surface area contributed by atoms with Crippen LogP contribution >= 0.6 is 11.6 Å². The summed E-state index contributed by atoms with van der Waals surface area (Å²) in [7, 11) is -3.71. The Morgan fingerprint density at radius 3 is 2.48 bits per heavy atom. The maximum Gasteiger partial charge on any atom is 0.325 e. The largest absolute Gasteiger partial charge is 0.325 e. The van der Waals surface area contributed by atoms with Crippen molar-refractivity contribution in [1.82, 2.24) is 14.5 Å². The molecule has 1 aromatic carbocycles. The van der Waals surface area contributed by atoms with Crippen LogP contribution in [-0.4, -0.2) is 60.6 Å². The number of benzene rings is 1. The van der Waals surface area contributed by atoms with Crippen molar-refractivity contribution in [3.05, 3.63) is 23.2 Å². The topological polar surface area (TPSA) is 116 Å². The van der Waals surface area contributed by atoms with Gasteiger partial charge in [-0.25, -0.2) is 13.2 Å². The molecule has 3 rings (SSSR count). The average Bonchev–Trinajstić information content (AvgIpc) is 3.28. The van der Waals surface area contributed by atoms with Crippen molar-refractivity contribution >= 4 is 45.2 Å². The second-order valence-corrected chi connectivity index (χ2v) is 10.1. The first-order valence-electron chi connectivity index (χ1n) is 10.4. The molecule has 2 N–H and O–H groups in total. The van der Waals surface area contributed by atoms with Crippen molar-refractivity contribution in [2.24, 2.45) is 0 Å². The van der Waals surface area contributed by atoms with Crippen molar-refractivity contribution < 1.29 is 22.8 Å². The van der Waals surface area contributed by atoms with Gasteiger partial charge in [-0.05, 0) is 31.0 Å². The van der Waals surface area contributed by atoms with Gasteiger partial charge in [-0.3, -0.25) is 14.5 Å². The second kappa shape index (κ2) is 9.13. The van der Waals surface area contributed by atoms with E-state index in [4.69, 9.17) is 11.6 Å². The van der Waals surface area contributed by atoms with E-state index in [9.17, 15) is 22.8 Å². The molecule has 2 aliphatic rings. The van der Waals surface area contributed by atoms with E-state index in [0.29, 0.717) is 25.9 Å². The van der Waals surface area contributed by atoms with Crippen LogP contribution in [0.15, 0.2) is 23.1 Å². The van der Waals surface area contributed by atoms with Crippen molar-refractivity contribution in [1.29, 1.82) is 0 Å². The maximum atomic E-state index is 12.7. The summed E-state index contributed by atoms with van der Waals surface area (Å²) >= 11 is 6.14. The summed E-state index contributed by atoms with van der Waals surface area (Å²) in [5.74, 6) is -0.764. The number of hydrogen-bond acceptors (Lipinski definition) is 5. The lowest BCUT2D eigenvalue weighted by molar-refractivity contribution is -0.131. The lowest BCUT2D eigenvalue weighted by Gasteiger charge is -2.20. The summed E-state index contributed by atoms with van der Waals surface area (Å²) in [5, 5.41) is 5.55. The molecular formula is C20H27ClN4O5S. The predicted molar refractivity (Wildman–Crippen MR) is 116 cm³/mol. The van der Waals surface area contributed by atoms with Gasteiger partial charge in [-0.15, -0.1) is 0 Å². The zero-order valence-electron chi connectivity index (χ0n) is 17.6. The van der Waals surface area contributed by atoms with Crippen LogP contribution in [0, 0.1) is 0 Å². The third-order valence-electron chi connectivity index (χ3n) is 5.82. The molecule has 1 aromatic rings. The minimum atomic E-state index is -3.71. The van der Waals surface area contributed by atoms with Crippen LogP contribution in [0.5, 0.6) is 0 Å². The zero-order valence-corrected chi connectivity index (χ0v) is 19.2. The van der Waals surface area contributed by atoms with Gasteiger partial charge in [-0.1, -0.05) is 38.3 Å². The van der Waals surface area contributed by atoms with Crippen LogP contribution in [0.25, 0.3) is 0 Å². The smallest absolute Gasteiger partial charge is 0.325 e. The molecule has 9 nitrogen and oxygen atoms in total. The Labute approximate surface area is 187 Å². The van der Waals surface area contributed by atoms with E-state index < -0.39 is 27.5 Å². The van der Waals surface area contributed by atoms with Gasteiger partial charge in [0.25, 0.3) is 5.91 Å². The van der Waals surface area contributed by atoms with Gasteiger partial charge in [0.05, 0.1) is 15.6 Å². The molecule has 0 radical (unpaired) electrons. The van der Waals surface area contributed by atoms with Crippen LogP contribution in [-0.2, 0) is 19.6 Å². The summed E-state index contributed by atoms with van der Waals surface area (Å²) in [6.07, 6.45) is 2.86. The molecule has 31 heavy (non-hydrogen) atoms. The van der Waals surface area contributed by atoms with E-state index in [1.807, 2.05) is 0 Å². The first-order chi connectivity index (χ1) is 14.6. The van der Waals surface area contributed by atoms with Crippen molar-refractivity contribution in [3.8, 4) is 0 Å². The highest BCUT2D eigenvalue weighted by atomic mass is 35.5. The summed E-state index contributed by atoms with van der Waals surface area (Å²) < 4.78 is 26.7. The molecular weight excluding hydrogens is 444 g/mol. The number of rotatable bonds is 8. The summed E-state index contributed by atoms with van der Waals surface area (Å²) in [6, 6.07) is 3.63. The molecule has 1 aliphatic heterocycles. The van der Waals surface area contributed by atoms with E-state index in [2.05, 4.69) is 10.6 Å². The number of hydrogen-bond donors (Lipinski definition) is 2. The number of nitrogens with one attached hydrogen (secondary N) is 2. The Morgan fingerprint density at radius 2 is 1.87 bits per heavy atom. The SMILES string of the molecule is CCN(CC)S(=O)(=O)c1ccc(Cl)c(NC(=O)CCN2C(=O)NC3(CCCC3)C2=O)c1. The quantitative estimate of drug-likeness (QED) is 0.566. The van der Waals surface area contributed by atoms with Gasteiger partial charge >= 0.3 is 6.03 Å². The minimum absolute atomic E-state index is 0.0215. The molecule has 1 aliphatic carbocycles. The average molecular weight is 471 g/mol. The Kier molecular flexibility index (Phi) is 6.92. The van der Waals surface area contributed by atoms with E-state index in [1.54, 1.807) is 13.8 Å². The molecule has 2 fully saturated rings. The minimum Gasteiger partial charge on any atom is -0.325 e. The number of halogens is 1. The Bertz CT molecular complexity index is 987. The molecule has 11 heteroatoms. The molecule has 0 unspecified atom stereocenters. The van der Waals surface area contributed by atoms with E-state index >= 15 is 0 Å². The van der Waals surface area contributed by atoms with Crippen molar-refractivity contribution in [2.45, 2.75) is 56.4 Å². The highest BCUT2D eigenvalue weighted by Crippen LogP contribution is 2.35. The normalized spacial score (nSPS) is 18.1. The fraction of sp³-hybridized carbons (Fsp3) is 0.550. The van der Waals surface area contributed by atoms with Crippen LogP contribution in [0.3, 0.4) is 0 Å². The number of carbonyl (C=O) groups is 3. The number of imide groups is 1. The fourth-order valence-corrected chi connectivity index (χ4v) is 5.75. The summed E-state index contributed by atoms with van der Waals surface area (Å²) in [4.78, 5) is 38.4. The van der Waals surface area contributed by atoms with Gasteiger partial charge < -0.3 is 10.6 Å². The van der Waals surface area contributed by atoms with Gasteiger partial charge in [0.15, 0.2) is 0 Å². The molecule has 1 heterocycles. The number of anilines is 1. The molecule has 1 saturated heterocycles. The number of amides is 4. The molecule has 1 saturated carbocycles. The number of urea groups is 1. The Balaban J connectivity index is 1.67. The number of nitrogens with zero attached hydrogens (tertiary/aromatic N) is 2. The molecule has 1 spiro atoms. The third-order valence-corrected chi connectivity index (χ3v) is 8.20. The monoisotopic (exact) mass is 470 g/mol. The summed E-state index contributed by atoms with van der Waals surface area (Å²) in [6.45, 7) is 4.05.